The number of benzene rings is 2. The molecule has 33 heavy (non-hydrogen) atoms. The van der Waals surface area contributed by atoms with Crippen LogP contribution in [0.2, 0.25) is 0 Å². The monoisotopic (exact) mass is 456 g/mol. The van der Waals surface area contributed by atoms with Crippen LogP contribution in [0, 0.1) is 5.92 Å². The third kappa shape index (κ3) is 3.91. The molecule has 3 atom stereocenters. The van der Waals surface area contributed by atoms with Crippen LogP contribution in [0.25, 0.3) is 0 Å². The Morgan fingerprint density at radius 3 is 2.52 bits per heavy atom. The van der Waals surface area contributed by atoms with Crippen molar-refractivity contribution in [3.8, 4) is 0 Å². The number of piperidine rings is 3. The molecule has 1 aromatic heterocycles. The fraction of sp³-hybridized carbons (Fsp3) is 0.333. The van der Waals surface area contributed by atoms with Gasteiger partial charge in [-0.15, -0.1) is 0 Å². The Hall–Kier alpha value is -2.83. The molecule has 0 radical (unpaired) electrons. The maximum Gasteiger partial charge on any atom is 0.322 e. The third-order valence-electron chi connectivity index (χ3n) is 7.47. The standard InChI is InChI=1S/C27H28N4OS/c32-27(29-23-10-4-5-11-24(23)33-21-8-2-1-3-9-21)31-18-22(20-7-6-14-28-17-20)26-25(31)19-12-15-30(26)16-13-19/h1-11,14,17,19,22,25-26H,12-13,15-16,18H2,(H,29,32). The molecule has 3 unspecified atom stereocenters. The van der Waals surface area contributed by atoms with Gasteiger partial charge in [0.15, 0.2) is 0 Å². The van der Waals surface area contributed by atoms with Crippen molar-refractivity contribution in [2.24, 2.45) is 5.92 Å². The average molecular weight is 457 g/mol. The second kappa shape index (κ2) is 8.84. The van der Waals surface area contributed by atoms with Crippen LogP contribution in [0.15, 0.2) is 88.9 Å². The highest BCUT2D eigenvalue weighted by Crippen LogP contribution is 2.46. The summed E-state index contributed by atoms with van der Waals surface area (Å²) in [6.07, 6.45) is 6.18. The zero-order chi connectivity index (χ0) is 22.2. The lowest BCUT2D eigenvalue weighted by atomic mass is 9.75. The number of aromatic nitrogens is 1. The van der Waals surface area contributed by atoms with Gasteiger partial charge in [-0.25, -0.2) is 4.79 Å². The van der Waals surface area contributed by atoms with Gasteiger partial charge in [0.2, 0.25) is 0 Å². The second-order valence-corrected chi connectivity index (χ2v) is 10.4. The lowest BCUT2D eigenvalue weighted by Gasteiger charge is -2.51. The van der Waals surface area contributed by atoms with E-state index in [4.69, 9.17) is 0 Å². The van der Waals surface area contributed by atoms with Crippen molar-refractivity contribution >= 4 is 23.5 Å². The minimum absolute atomic E-state index is 0.0197. The predicted octanol–water partition coefficient (Wildman–Crippen LogP) is 5.33. The van der Waals surface area contributed by atoms with Gasteiger partial charge in [0.1, 0.15) is 0 Å². The summed E-state index contributed by atoms with van der Waals surface area (Å²) in [6.45, 7) is 3.04. The van der Waals surface area contributed by atoms with E-state index in [0.717, 1.165) is 35.1 Å². The molecule has 0 saturated carbocycles. The lowest BCUT2D eigenvalue weighted by Crippen LogP contribution is -2.61. The molecule has 5 nitrogen and oxygen atoms in total. The van der Waals surface area contributed by atoms with Crippen LogP contribution >= 0.6 is 11.8 Å². The van der Waals surface area contributed by atoms with Crippen molar-refractivity contribution in [2.45, 2.75) is 40.6 Å². The van der Waals surface area contributed by atoms with Gasteiger partial charge in [0.25, 0.3) is 0 Å². The number of amides is 2. The van der Waals surface area contributed by atoms with Crippen molar-refractivity contribution in [1.82, 2.24) is 14.8 Å². The van der Waals surface area contributed by atoms with Crippen molar-refractivity contribution < 1.29 is 4.79 Å². The number of carbonyl (C=O) groups excluding carboxylic acids is 1. The molecule has 0 spiro atoms. The summed E-state index contributed by atoms with van der Waals surface area (Å²) >= 11 is 1.68. The van der Waals surface area contributed by atoms with Crippen molar-refractivity contribution in [3.05, 3.63) is 84.7 Å². The number of hydrogen-bond donors (Lipinski definition) is 1. The predicted molar refractivity (Wildman–Crippen MR) is 132 cm³/mol. The molecule has 4 aliphatic heterocycles. The van der Waals surface area contributed by atoms with E-state index in [2.05, 4.69) is 44.4 Å². The molecule has 2 aromatic carbocycles. The largest absolute Gasteiger partial charge is 0.322 e. The van der Waals surface area contributed by atoms with Crippen LogP contribution < -0.4 is 5.32 Å². The fourth-order valence-electron chi connectivity index (χ4n) is 6.00. The number of anilines is 1. The minimum Gasteiger partial charge on any atom is -0.319 e. The molecule has 6 heteroatoms. The number of likely N-dealkylation sites (tertiary alicyclic amines) is 1. The van der Waals surface area contributed by atoms with Crippen LogP contribution in [0.3, 0.4) is 0 Å². The summed E-state index contributed by atoms with van der Waals surface area (Å²) in [5.41, 5.74) is 2.12. The normalized spacial score (nSPS) is 27.9. The summed E-state index contributed by atoms with van der Waals surface area (Å²) in [5.74, 6) is 0.896. The molecule has 4 saturated heterocycles. The van der Waals surface area contributed by atoms with Gasteiger partial charge in [-0.05, 0) is 67.7 Å². The van der Waals surface area contributed by atoms with Gasteiger partial charge in [0, 0.05) is 40.7 Å². The Labute approximate surface area is 199 Å². The molecular formula is C27H28N4OS. The van der Waals surface area contributed by atoms with E-state index < -0.39 is 0 Å². The van der Waals surface area contributed by atoms with Gasteiger partial charge < -0.3 is 10.2 Å². The highest BCUT2D eigenvalue weighted by atomic mass is 32.2. The number of fused-ring (bicyclic) bond motifs is 2. The number of nitrogens with zero attached hydrogens (tertiary/aromatic N) is 3. The van der Waals surface area contributed by atoms with Crippen molar-refractivity contribution in [2.75, 3.05) is 25.0 Å². The first-order valence-corrected chi connectivity index (χ1v) is 12.6. The Balaban J connectivity index is 1.27. The van der Waals surface area contributed by atoms with Gasteiger partial charge in [-0.2, -0.15) is 0 Å². The molecule has 1 N–H and O–H groups in total. The van der Waals surface area contributed by atoms with E-state index in [9.17, 15) is 4.79 Å². The Morgan fingerprint density at radius 1 is 0.939 bits per heavy atom. The zero-order valence-electron chi connectivity index (χ0n) is 18.5. The Kier molecular flexibility index (Phi) is 5.56. The zero-order valence-corrected chi connectivity index (χ0v) is 19.3. The van der Waals surface area contributed by atoms with Crippen LogP contribution in [0.5, 0.6) is 0 Å². The van der Waals surface area contributed by atoms with E-state index in [0.29, 0.717) is 17.9 Å². The van der Waals surface area contributed by atoms with E-state index in [1.165, 1.54) is 18.4 Å². The van der Waals surface area contributed by atoms with Crippen LogP contribution in [-0.4, -0.2) is 52.5 Å². The smallest absolute Gasteiger partial charge is 0.319 e. The molecular weight excluding hydrogens is 428 g/mol. The third-order valence-corrected chi connectivity index (χ3v) is 8.55. The SMILES string of the molecule is O=C(Nc1ccccc1Sc1ccccc1)N1CC(c2cccnc2)C2C1C1CCN2CC1. The van der Waals surface area contributed by atoms with Gasteiger partial charge in [0.05, 0.1) is 11.7 Å². The van der Waals surface area contributed by atoms with E-state index >= 15 is 0 Å². The first-order valence-electron chi connectivity index (χ1n) is 11.8. The Bertz CT molecular complexity index is 1120. The van der Waals surface area contributed by atoms with E-state index in [1.807, 2.05) is 54.9 Å². The number of hydrogen-bond acceptors (Lipinski definition) is 4. The summed E-state index contributed by atoms with van der Waals surface area (Å²) < 4.78 is 0. The van der Waals surface area contributed by atoms with Gasteiger partial charge in [-0.1, -0.05) is 48.2 Å². The van der Waals surface area contributed by atoms with Crippen LogP contribution in [0.4, 0.5) is 10.5 Å². The molecule has 5 heterocycles. The molecule has 2 bridgehead atoms. The van der Waals surface area contributed by atoms with Gasteiger partial charge >= 0.3 is 6.03 Å². The van der Waals surface area contributed by atoms with Crippen LogP contribution in [0.1, 0.15) is 24.3 Å². The summed E-state index contributed by atoms with van der Waals surface area (Å²) in [5, 5.41) is 3.27. The maximum atomic E-state index is 13.7. The maximum absolute atomic E-state index is 13.7. The summed E-state index contributed by atoms with van der Waals surface area (Å²) in [6, 6.07) is 23.3. The molecule has 2 amide bonds. The molecule has 4 aliphatic rings. The van der Waals surface area contributed by atoms with Crippen molar-refractivity contribution in [3.63, 3.8) is 0 Å². The molecule has 4 fully saturated rings. The first-order chi connectivity index (χ1) is 16.3. The highest BCUT2D eigenvalue weighted by Gasteiger charge is 2.54. The summed E-state index contributed by atoms with van der Waals surface area (Å²) in [4.78, 5) is 25.0. The summed E-state index contributed by atoms with van der Waals surface area (Å²) in [7, 11) is 0. The average Bonchev–Trinajstić information content (AvgIpc) is 3.30. The number of para-hydroxylation sites is 1. The number of rotatable bonds is 4. The number of pyridine rings is 1. The molecule has 0 aliphatic carbocycles. The number of urea groups is 1. The number of nitrogens with one attached hydrogen (secondary N) is 1. The molecule has 168 valence electrons. The first kappa shape index (κ1) is 20.8. The van der Waals surface area contributed by atoms with Crippen molar-refractivity contribution in [1.29, 1.82) is 0 Å². The second-order valence-electron chi connectivity index (χ2n) is 9.24. The highest BCUT2D eigenvalue weighted by molar-refractivity contribution is 7.99. The van der Waals surface area contributed by atoms with Crippen LogP contribution in [-0.2, 0) is 0 Å². The topological polar surface area (TPSA) is 48.5 Å². The number of carbonyl (C=O) groups is 1. The quantitative estimate of drug-likeness (QED) is 0.577. The lowest BCUT2D eigenvalue weighted by molar-refractivity contribution is 0.00492. The van der Waals surface area contributed by atoms with E-state index in [-0.39, 0.29) is 12.1 Å². The molecule has 7 rings (SSSR count). The fourth-order valence-corrected chi connectivity index (χ4v) is 6.93. The molecule has 3 aromatic rings. The minimum atomic E-state index is 0.0197. The van der Waals surface area contributed by atoms with Gasteiger partial charge in [-0.3, -0.25) is 9.88 Å². The van der Waals surface area contributed by atoms with E-state index in [1.54, 1.807) is 11.8 Å². The Morgan fingerprint density at radius 2 is 1.73 bits per heavy atom.